The minimum Gasteiger partial charge on any atom is -0.455 e. The van der Waals surface area contributed by atoms with Crippen molar-refractivity contribution in [3.8, 4) is 0 Å². The molecule has 4 rings (SSSR count). The van der Waals surface area contributed by atoms with Crippen LogP contribution in [0.5, 0.6) is 0 Å². The predicted octanol–water partition coefficient (Wildman–Crippen LogP) is 3.69. The Morgan fingerprint density at radius 2 is 1.56 bits per heavy atom. The van der Waals surface area contributed by atoms with Gasteiger partial charge in [-0.1, -0.05) is 11.6 Å². The van der Waals surface area contributed by atoms with E-state index in [9.17, 15) is 24.5 Å². The zero-order valence-electron chi connectivity index (χ0n) is 19.0. The normalized spacial score (nSPS) is 13.6. The minimum absolute atomic E-state index is 0.0210. The average Bonchev–Trinajstić information content (AvgIpc) is 3.23. The fourth-order valence-corrected chi connectivity index (χ4v) is 3.88. The molecule has 0 saturated heterocycles. The number of furan rings is 1. The Balaban J connectivity index is 1.46. The lowest BCUT2D eigenvalue weighted by molar-refractivity contribution is -0.384. The summed E-state index contributed by atoms with van der Waals surface area (Å²) in [5, 5.41) is 15.5. The van der Waals surface area contributed by atoms with Gasteiger partial charge in [-0.3, -0.25) is 35.3 Å². The number of carbonyl (C=O) groups is 3. The molecule has 0 aliphatic heterocycles. The second-order valence-corrected chi connectivity index (χ2v) is 8.36. The molecule has 0 saturated carbocycles. The number of nitro benzene ring substituents is 1. The summed E-state index contributed by atoms with van der Waals surface area (Å²) in [6, 6.07) is 11.3. The second-order valence-electron chi connectivity index (χ2n) is 7.93. The van der Waals surface area contributed by atoms with Gasteiger partial charge in [-0.2, -0.15) is 5.10 Å². The zero-order chi connectivity index (χ0) is 25.8. The van der Waals surface area contributed by atoms with Crippen LogP contribution in [0.4, 0.5) is 5.69 Å². The van der Waals surface area contributed by atoms with Crippen molar-refractivity contribution in [2.45, 2.75) is 26.2 Å². The lowest BCUT2D eigenvalue weighted by Gasteiger charge is -2.13. The second kappa shape index (κ2) is 10.4. The van der Waals surface area contributed by atoms with Gasteiger partial charge in [0.2, 0.25) is 0 Å². The number of aryl methyl sites for hydroxylation is 1. The Kier molecular flexibility index (Phi) is 7.11. The molecule has 1 heterocycles. The summed E-state index contributed by atoms with van der Waals surface area (Å²) in [4.78, 5) is 47.6. The van der Waals surface area contributed by atoms with Crippen molar-refractivity contribution in [3.63, 3.8) is 0 Å². The average molecular weight is 510 g/mol. The largest absolute Gasteiger partial charge is 0.455 e. The maximum Gasteiger partial charge on any atom is 0.305 e. The number of benzene rings is 2. The fraction of sp³-hybridized carbons (Fsp3) is 0.167. The van der Waals surface area contributed by atoms with E-state index in [0.717, 1.165) is 0 Å². The number of hydrazone groups is 1. The van der Waals surface area contributed by atoms with E-state index in [4.69, 9.17) is 16.0 Å². The summed E-state index contributed by atoms with van der Waals surface area (Å²) in [7, 11) is 0. The summed E-state index contributed by atoms with van der Waals surface area (Å²) in [6.07, 6.45) is 1.82. The van der Waals surface area contributed by atoms with E-state index in [0.29, 0.717) is 52.4 Å². The highest BCUT2D eigenvalue weighted by Crippen LogP contribution is 2.29. The Bertz CT molecular complexity index is 1380. The molecular weight excluding hydrogens is 490 g/mol. The first-order valence-electron chi connectivity index (χ1n) is 10.8. The molecule has 3 aromatic rings. The Hall–Kier alpha value is -4.51. The smallest absolute Gasteiger partial charge is 0.305 e. The van der Waals surface area contributed by atoms with Crippen LogP contribution in [-0.2, 0) is 6.42 Å². The van der Waals surface area contributed by atoms with Crippen LogP contribution in [0.1, 0.15) is 61.0 Å². The topological polar surface area (TPSA) is 156 Å². The van der Waals surface area contributed by atoms with E-state index < -0.39 is 22.6 Å². The molecule has 3 N–H and O–H groups in total. The van der Waals surface area contributed by atoms with Gasteiger partial charge in [0, 0.05) is 45.8 Å². The van der Waals surface area contributed by atoms with E-state index in [1.165, 1.54) is 36.4 Å². The third-order valence-electron chi connectivity index (χ3n) is 5.56. The molecule has 12 heteroatoms. The quantitative estimate of drug-likeness (QED) is 0.351. The van der Waals surface area contributed by atoms with Crippen molar-refractivity contribution >= 4 is 40.7 Å². The van der Waals surface area contributed by atoms with Crippen LogP contribution in [-0.4, -0.2) is 28.4 Å². The number of nitrogens with zero attached hydrogens (tertiary/aromatic N) is 2. The summed E-state index contributed by atoms with van der Waals surface area (Å²) in [6.45, 7) is 1.69. The van der Waals surface area contributed by atoms with Gasteiger partial charge < -0.3 is 4.42 Å². The van der Waals surface area contributed by atoms with Crippen LogP contribution in [0.15, 0.2) is 58.0 Å². The van der Waals surface area contributed by atoms with Gasteiger partial charge in [0.05, 0.1) is 10.6 Å². The molecule has 1 aromatic heterocycles. The van der Waals surface area contributed by atoms with Crippen LogP contribution < -0.4 is 16.3 Å². The third kappa shape index (κ3) is 5.26. The molecule has 1 aliphatic rings. The number of nitro groups is 1. The van der Waals surface area contributed by atoms with Crippen LogP contribution in [0, 0.1) is 17.0 Å². The number of halogens is 1. The van der Waals surface area contributed by atoms with Crippen LogP contribution in [0.2, 0.25) is 5.02 Å². The van der Waals surface area contributed by atoms with Gasteiger partial charge in [0.25, 0.3) is 17.5 Å². The highest BCUT2D eigenvalue weighted by atomic mass is 35.5. The maximum atomic E-state index is 12.7. The van der Waals surface area contributed by atoms with Gasteiger partial charge in [-0.05, 0) is 56.2 Å². The molecule has 184 valence electrons. The summed E-state index contributed by atoms with van der Waals surface area (Å²) in [5.41, 5.74) is 9.21. The molecule has 36 heavy (non-hydrogen) atoms. The number of amides is 3. The Labute approximate surface area is 209 Å². The van der Waals surface area contributed by atoms with Gasteiger partial charge in [0.1, 0.15) is 5.76 Å². The summed E-state index contributed by atoms with van der Waals surface area (Å²) in [5.74, 6) is -1.12. The van der Waals surface area contributed by atoms with Crippen molar-refractivity contribution in [3.05, 3.63) is 97.4 Å². The van der Waals surface area contributed by atoms with Gasteiger partial charge in [-0.15, -0.1) is 0 Å². The van der Waals surface area contributed by atoms with E-state index in [-0.39, 0.29) is 17.0 Å². The molecule has 2 aromatic carbocycles. The van der Waals surface area contributed by atoms with Gasteiger partial charge >= 0.3 is 5.91 Å². The van der Waals surface area contributed by atoms with Gasteiger partial charge in [0.15, 0.2) is 5.76 Å². The lowest BCUT2D eigenvalue weighted by Crippen LogP contribution is -2.41. The number of fused-ring (bicyclic) bond motifs is 1. The minimum atomic E-state index is -0.640. The van der Waals surface area contributed by atoms with Crippen molar-refractivity contribution < 1.29 is 23.7 Å². The number of hydrazine groups is 1. The fourth-order valence-electron chi connectivity index (χ4n) is 3.76. The molecule has 0 bridgehead atoms. The number of rotatable bonds is 5. The summed E-state index contributed by atoms with van der Waals surface area (Å²) < 4.78 is 5.77. The molecule has 0 fully saturated rings. The maximum absolute atomic E-state index is 12.7. The zero-order valence-corrected chi connectivity index (χ0v) is 19.7. The van der Waals surface area contributed by atoms with Crippen molar-refractivity contribution in [2.75, 3.05) is 0 Å². The van der Waals surface area contributed by atoms with E-state index in [1.54, 1.807) is 19.1 Å². The molecule has 0 radical (unpaired) electrons. The van der Waals surface area contributed by atoms with E-state index in [2.05, 4.69) is 21.4 Å². The number of carbonyl (C=O) groups excluding carboxylic acids is 3. The first kappa shape index (κ1) is 24.6. The van der Waals surface area contributed by atoms with Gasteiger partial charge in [-0.25, -0.2) is 5.43 Å². The number of non-ortho nitro benzene ring substituents is 1. The standard InChI is InChI=1S/C24H20ClN5O6/c1-13-20-18(26-27-22(31)15-7-11-17(12-8-15)30(34)35)3-2-4-19(20)36-21(13)24(33)29-28-23(32)14-5-9-16(25)10-6-14/h5-12H,2-4H2,1H3,(H,27,31)(H,28,32)(H,29,33)/b26-18+. The van der Waals surface area contributed by atoms with Crippen molar-refractivity contribution in [2.24, 2.45) is 5.10 Å². The lowest BCUT2D eigenvalue weighted by atomic mass is 9.93. The summed E-state index contributed by atoms with van der Waals surface area (Å²) >= 11 is 5.82. The van der Waals surface area contributed by atoms with E-state index in [1.807, 2.05) is 0 Å². The molecule has 0 unspecified atom stereocenters. The third-order valence-corrected chi connectivity index (χ3v) is 5.81. The Morgan fingerprint density at radius 3 is 2.22 bits per heavy atom. The molecule has 1 aliphatic carbocycles. The Morgan fingerprint density at radius 1 is 0.944 bits per heavy atom. The van der Waals surface area contributed by atoms with Crippen LogP contribution in [0.3, 0.4) is 0 Å². The van der Waals surface area contributed by atoms with Crippen LogP contribution >= 0.6 is 11.6 Å². The number of nitrogens with one attached hydrogen (secondary N) is 3. The molecule has 11 nitrogen and oxygen atoms in total. The highest BCUT2D eigenvalue weighted by molar-refractivity contribution is 6.30. The van der Waals surface area contributed by atoms with Crippen LogP contribution in [0.25, 0.3) is 0 Å². The molecule has 0 spiro atoms. The number of hydrogen-bond donors (Lipinski definition) is 3. The number of hydrogen-bond acceptors (Lipinski definition) is 7. The molecule has 0 atom stereocenters. The predicted molar refractivity (Wildman–Crippen MR) is 130 cm³/mol. The van der Waals surface area contributed by atoms with Crippen molar-refractivity contribution in [1.29, 1.82) is 0 Å². The molecule has 3 amide bonds. The molecular formula is C24H20ClN5O6. The van der Waals surface area contributed by atoms with E-state index >= 15 is 0 Å². The highest BCUT2D eigenvalue weighted by Gasteiger charge is 2.28. The first-order valence-corrected chi connectivity index (χ1v) is 11.2. The SMILES string of the molecule is Cc1c(C(=O)NNC(=O)c2ccc(Cl)cc2)oc2c1/C(=N/NC(=O)c1ccc([N+](=O)[O-])cc1)CCC2. The first-order chi connectivity index (χ1) is 17.2. The monoisotopic (exact) mass is 509 g/mol. The van der Waals surface area contributed by atoms with Crippen molar-refractivity contribution in [1.82, 2.24) is 16.3 Å².